The van der Waals surface area contributed by atoms with E-state index in [-0.39, 0.29) is 12.4 Å². The van der Waals surface area contributed by atoms with Crippen LogP contribution in [0.2, 0.25) is 0 Å². The third kappa shape index (κ3) is 4.05. The molecule has 0 atom stereocenters. The molecule has 0 amide bonds. The van der Waals surface area contributed by atoms with Gasteiger partial charge in [0.05, 0.1) is 12.0 Å². The number of rotatable bonds is 6. The molecule has 3 rings (SSSR count). The summed E-state index contributed by atoms with van der Waals surface area (Å²) >= 11 is 0. The molecule has 0 aliphatic carbocycles. The third-order valence-corrected chi connectivity index (χ3v) is 3.37. The van der Waals surface area contributed by atoms with Crippen molar-refractivity contribution >= 4 is 23.8 Å². The van der Waals surface area contributed by atoms with Crippen LogP contribution in [0.15, 0.2) is 61.4 Å². The van der Waals surface area contributed by atoms with Crippen molar-refractivity contribution in [3.8, 4) is 5.69 Å². The van der Waals surface area contributed by atoms with E-state index in [9.17, 15) is 0 Å². The van der Waals surface area contributed by atoms with Gasteiger partial charge in [-0.25, -0.2) is 4.98 Å². The van der Waals surface area contributed by atoms with Crippen LogP contribution in [0.1, 0.15) is 6.42 Å². The van der Waals surface area contributed by atoms with Crippen LogP contribution in [0.5, 0.6) is 0 Å². The second kappa shape index (κ2) is 7.56. The lowest BCUT2D eigenvalue weighted by molar-refractivity contribution is 0.661. The number of halogens is 1. The van der Waals surface area contributed by atoms with Crippen LogP contribution in [0.4, 0.5) is 11.4 Å². The van der Waals surface area contributed by atoms with Crippen molar-refractivity contribution in [2.75, 3.05) is 17.6 Å². The Bertz CT molecular complexity index is 673. The molecule has 0 spiro atoms. The Morgan fingerprint density at radius 1 is 1.09 bits per heavy atom. The molecule has 0 aliphatic rings. The zero-order chi connectivity index (χ0) is 14.5. The van der Waals surface area contributed by atoms with Crippen molar-refractivity contribution in [2.45, 2.75) is 13.0 Å². The minimum Gasteiger partial charge on any atom is -0.399 e. The van der Waals surface area contributed by atoms with E-state index in [0.29, 0.717) is 0 Å². The van der Waals surface area contributed by atoms with Crippen molar-refractivity contribution in [3.63, 3.8) is 0 Å². The highest BCUT2D eigenvalue weighted by atomic mass is 35.5. The van der Waals surface area contributed by atoms with Gasteiger partial charge in [-0.15, -0.1) is 12.4 Å². The maximum absolute atomic E-state index is 5.70. The van der Waals surface area contributed by atoms with E-state index in [4.69, 9.17) is 5.73 Å². The van der Waals surface area contributed by atoms with Gasteiger partial charge in [0.2, 0.25) is 0 Å². The number of hydrogen-bond acceptors (Lipinski definition) is 3. The number of nitrogens with one attached hydrogen (secondary N) is 1. The molecule has 22 heavy (non-hydrogen) atoms. The molecule has 5 nitrogen and oxygen atoms in total. The Morgan fingerprint density at radius 2 is 1.91 bits per heavy atom. The van der Waals surface area contributed by atoms with Crippen LogP contribution in [-0.2, 0) is 6.54 Å². The number of imidazole rings is 1. The van der Waals surface area contributed by atoms with Crippen LogP contribution >= 0.6 is 12.4 Å². The molecule has 0 saturated heterocycles. The standard InChI is InChI=1S/C16H19N5.ClH/c17-14-2-4-16(5-3-14)21-10-6-15(12-21)19-7-1-9-20-11-8-18-13-20;/h2-6,8,10-13,19H,1,7,9,17H2;1H. The Morgan fingerprint density at radius 3 is 2.64 bits per heavy atom. The van der Waals surface area contributed by atoms with Gasteiger partial charge in [0, 0.05) is 49.3 Å². The Kier molecular flexibility index (Phi) is 5.49. The number of benzene rings is 1. The summed E-state index contributed by atoms with van der Waals surface area (Å²) in [6, 6.07) is 9.92. The van der Waals surface area contributed by atoms with Crippen LogP contribution in [-0.4, -0.2) is 20.7 Å². The molecular formula is C16H20ClN5. The number of anilines is 2. The SMILES string of the molecule is Cl.Nc1ccc(-n2ccc(NCCCn3ccnc3)c2)cc1. The quantitative estimate of drug-likeness (QED) is 0.542. The van der Waals surface area contributed by atoms with Crippen LogP contribution in [0, 0.1) is 0 Å². The minimum absolute atomic E-state index is 0. The molecule has 3 aromatic rings. The Hall–Kier alpha value is -2.40. The highest BCUT2D eigenvalue weighted by Gasteiger charge is 1.99. The summed E-state index contributed by atoms with van der Waals surface area (Å²) in [5.74, 6) is 0. The Balaban J connectivity index is 0.00000176. The van der Waals surface area contributed by atoms with Crippen molar-refractivity contribution in [2.24, 2.45) is 0 Å². The van der Waals surface area contributed by atoms with Gasteiger partial charge in [-0.1, -0.05) is 0 Å². The summed E-state index contributed by atoms with van der Waals surface area (Å²) in [7, 11) is 0. The van der Waals surface area contributed by atoms with E-state index in [1.807, 2.05) is 43.0 Å². The first-order valence-electron chi connectivity index (χ1n) is 7.05. The maximum atomic E-state index is 5.70. The summed E-state index contributed by atoms with van der Waals surface area (Å²) in [5, 5.41) is 3.43. The van der Waals surface area contributed by atoms with Gasteiger partial charge >= 0.3 is 0 Å². The molecule has 2 aromatic heterocycles. The number of nitrogens with zero attached hydrogens (tertiary/aromatic N) is 3. The molecule has 0 fully saturated rings. The molecule has 0 aliphatic heterocycles. The van der Waals surface area contributed by atoms with E-state index in [1.54, 1.807) is 6.20 Å². The molecule has 0 unspecified atom stereocenters. The summed E-state index contributed by atoms with van der Waals surface area (Å²) in [4.78, 5) is 4.03. The first-order chi connectivity index (χ1) is 10.3. The smallest absolute Gasteiger partial charge is 0.0945 e. The van der Waals surface area contributed by atoms with Gasteiger partial charge in [0.15, 0.2) is 0 Å². The molecule has 0 radical (unpaired) electrons. The summed E-state index contributed by atoms with van der Waals surface area (Å²) < 4.78 is 4.17. The fraction of sp³-hybridized carbons (Fsp3) is 0.188. The van der Waals surface area contributed by atoms with Crippen molar-refractivity contribution in [1.29, 1.82) is 0 Å². The predicted octanol–water partition coefficient (Wildman–Crippen LogP) is 3.18. The van der Waals surface area contributed by atoms with E-state index >= 15 is 0 Å². The minimum atomic E-state index is 0. The predicted molar refractivity (Wildman–Crippen MR) is 92.8 cm³/mol. The van der Waals surface area contributed by atoms with E-state index in [0.717, 1.165) is 36.6 Å². The van der Waals surface area contributed by atoms with E-state index < -0.39 is 0 Å². The molecule has 6 heteroatoms. The zero-order valence-electron chi connectivity index (χ0n) is 12.2. The number of nitrogens with two attached hydrogens (primary N) is 1. The van der Waals surface area contributed by atoms with Gasteiger partial charge < -0.3 is 20.2 Å². The highest BCUT2D eigenvalue weighted by molar-refractivity contribution is 5.85. The van der Waals surface area contributed by atoms with Crippen LogP contribution in [0.3, 0.4) is 0 Å². The number of aromatic nitrogens is 3. The van der Waals surface area contributed by atoms with Crippen molar-refractivity contribution in [1.82, 2.24) is 14.1 Å². The average molecular weight is 318 g/mol. The second-order valence-corrected chi connectivity index (χ2v) is 4.98. The molecule has 0 saturated carbocycles. The van der Waals surface area contributed by atoms with E-state index in [1.165, 1.54) is 0 Å². The molecule has 0 bridgehead atoms. The van der Waals surface area contributed by atoms with E-state index in [2.05, 4.69) is 31.7 Å². The van der Waals surface area contributed by atoms with Gasteiger partial charge in [-0.05, 0) is 36.8 Å². The van der Waals surface area contributed by atoms with Crippen molar-refractivity contribution in [3.05, 3.63) is 61.4 Å². The zero-order valence-corrected chi connectivity index (χ0v) is 13.0. The fourth-order valence-corrected chi connectivity index (χ4v) is 2.22. The second-order valence-electron chi connectivity index (χ2n) is 4.98. The largest absolute Gasteiger partial charge is 0.399 e. The normalized spacial score (nSPS) is 10.2. The van der Waals surface area contributed by atoms with Gasteiger partial charge in [-0.3, -0.25) is 0 Å². The van der Waals surface area contributed by atoms with Gasteiger partial charge in [0.25, 0.3) is 0 Å². The maximum Gasteiger partial charge on any atom is 0.0945 e. The number of hydrogen-bond donors (Lipinski definition) is 2. The third-order valence-electron chi connectivity index (χ3n) is 3.37. The number of aryl methyl sites for hydroxylation is 1. The monoisotopic (exact) mass is 317 g/mol. The summed E-state index contributed by atoms with van der Waals surface area (Å²) in [5.41, 5.74) is 8.71. The van der Waals surface area contributed by atoms with Crippen LogP contribution < -0.4 is 11.1 Å². The lowest BCUT2D eigenvalue weighted by Gasteiger charge is -2.05. The molecule has 1 aromatic carbocycles. The summed E-state index contributed by atoms with van der Waals surface area (Å²) in [6.45, 7) is 1.91. The molecule has 3 N–H and O–H groups in total. The Labute approximate surface area is 136 Å². The first kappa shape index (κ1) is 16.0. The van der Waals surface area contributed by atoms with Gasteiger partial charge in [0.1, 0.15) is 0 Å². The topological polar surface area (TPSA) is 60.8 Å². The van der Waals surface area contributed by atoms with Gasteiger partial charge in [-0.2, -0.15) is 0 Å². The molecule has 2 heterocycles. The lowest BCUT2D eigenvalue weighted by atomic mass is 10.3. The fourth-order valence-electron chi connectivity index (χ4n) is 2.22. The van der Waals surface area contributed by atoms with Crippen LogP contribution in [0.25, 0.3) is 5.69 Å². The first-order valence-corrected chi connectivity index (χ1v) is 7.05. The lowest BCUT2D eigenvalue weighted by Crippen LogP contribution is -2.05. The highest BCUT2D eigenvalue weighted by Crippen LogP contribution is 2.15. The van der Waals surface area contributed by atoms with Crippen molar-refractivity contribution < 1.29 is 0 Å². The average Bonchev–Trinajstić information content (AvgIpc) is 3.16. The molecular weight excluding hydrogens is 298 g/mol. The molecule has 116 valence electrons. The summed E-state index contributed by atoms with van der Waals surface area (Å²) in [6.07, 6.45) is 10.8. The number of nitrogen functional groups attached to an aromatic ring is 1.